The Hall–Kier alpha value is -2.40. The minimum Gasteiger partial charge on any atom is -0.356 e. The van der Waals surface area contributed by atoms with Crippen molar-refractivity contribution >= 4 is 21.7 Å². The lowest BCUT2D eigenvalue weighted by Crippen LogP contribution is -2.49. The topological polar surface area (TPSA) is 69.6 Å². The van der Waals surface area contributed by atoms with Gasteiger partial charge in [-0.3, -0.25) is 0 Å². The number of anilines is 2. The molecule has 0 aliphatic carbocycles. The van der Waals surface area contributed by atoms with Gasteiger partial charge in [-0.25, -0.2) is 18.4 Å². The molecule has 0 radical (unpaired) electrons. The quantitative estimate of drug-likeness (QED) is 0.706. The van der Waals surface area contributed by atoms with E-state index in [1.54, 1.807) is 0 Å². The van der Waals surface area contributed by atoms with Crippen molar-refractivity contribution in [1.29, 1.82) is 0 Å². The fraction of sp³-hybridized carbons (Fsp3) is 0.500. The molecule has 0 atom stereocenters. The number of rotatable bonds is 4. The van der Waals surface area contributed by atoms with Gasteiger partial charge in [-0.05, 0) is 31.4 Å². The minimum absolute atomic E-state index is 0.0809. The van der Waals surface area contributed by atoms with Crippen LogP contribution in [0, 0.1) is 0 Å². The zero-order chi connectivity index (χ0) is 22.1. The SMILES string of the molecule is O=S(=O)(c1ccccc1C(F)(F)F)N1CCN(c2cc(N3CCCCC3)ncn2)CC1. The zero-order valence-corrected chi connectivity index (χ0v) is 17.7. The zero-order valence-electron chi connectivity index (χ0n) is 16.9. The molecule has 4 rings (SSSR count). The monoisotopic (exact) mass is 455 g/mol. The van der Waals surface area contributed by atoms with Crippen molar-refractivity contribution in [3.63, 3.8) is 0 Å². The third-order valence-electron chi connectivity index (χ3n) is 5.69. The maximum atomic E-state index is 13.3. The highest BCUT2D eigenvalue weighted by Crippen LogP contribution is 2.35. The third-order valence-corrected chi connectivity index (χ3v) is 7.65. The number of benzene rings is 1. The van der Waals surface area contributed by atoms with Crippen LogP contribution >= 0.6 is 0 Å². The molecule has 1 aromatic carbocycles. The van der Waals surface area contributed by atoms with E-state index in [0.29, 0.717) is 18.9 Å². The summed E-state index contributed by atoms with van der Waals surface area (Å²) in [6, 6.07) is 6.20. The van der Waals surface area contributed by atoms with Gasteiger partial charge >= 0.3 is 6.18 Å². The minimum atomic E-state index is -4.74. The molecule has 0 unspecified atom stereocenters. The Labute approximate surface area is 179 Å². The Kier molecular flexibility index (Phi) is 6.07. The summed E-state index contributed by atoms with van der Waals surface area (Å²) in [6.07, 6.45) is 0.214. The molecule has 2 saturated heterocycles. The molecule has 2 aromatic rings. The van der Waals surface area contributed by atoms with Crippen LogP contribution in [-0.4, -0.2) is 62.0 Å². The molecular formula is C20H24F3N5O2S. The van der Waals surface area contributed by atoms with Gasteiger partial charge in [0.1, 0.15) is 18.0 Å². The van der Waals surface area contributed by atoms with Crippen LogP contribution in [0.2, 0.25) is 0 Å². The first-order valence-electron chi connectivity index (χ1n) is 10.2. The molecule has 2 aliphatic heterocycles. The fourth-order valence-corrected chi connectivity index (χ4v) is 5.66. The summed E-state index contributed by atoms with van der Waals surface area (Å²) < 4.78 is 66.9. The Bertz CT molecular complexity index is 1020. The smallest absolute Gasteiger partial charge is 0.356 e. The number of piperazine rings is 1. The summed E-state index contributed by atoms with van der Waals surface area (Å²) in [7, 11) is -4.26. The van der Waals surface area contributed by atoms with E-state index in [1.165, 1.54) is 24.9 Å². The number of alkyl halides is 3. The van der Waals surface area contributed by atoms with Crippen LogP contribution in [0.3, 0.4) is 0 Å². The molecule has 11 heteroatoms. The number of hydrogen-bond donors (Lipinski definition) is 0. The lowest BCUT2D eigenvalue weighted by atomic mass is 10.1. The Morgan fingerprint density at radius 1 is 0.806 bits per heavy atom. The van der Waals surface area contributed by atoms with E-state index in [1.807, 2.05) is 11.0 Å². The summed E-state index contributed by atoms with van der Waals surface area (Å²) >= 11 is 0. The molecule has 0 spiro atoms. The van der Waals surface area contributed by atoms with Gasteiger partial charge in [-0.1, -0.05) is 12.1 Å². The molecule has 0 N–H and O–H groups in total. The first-order valence-corrected chi connectivity index (χ1v) is 11.7. The third kappa shape index (κ3) is 4.62. The summed E-state index contributed by atoms with van der Waals surface area (Å²) in [5, 5.41) is 0. The van der Waals surface area contributed by atoms with Crippen LogP contribution in [0.1, 0.15) is 24.8 Å². The number of nitrogens with zero attached hydrogens (tertiary/aromatic N) is 5. The van der Waals surface area contributed by atoms with Crippen LogP contribution in [0.15, 0.2) is 41.6 Å². The van der Waals surface area contributed by atoms with Crippen LogP contribution < -0.4 is 9.80 Å². The van der Waals surface area contributed by atoms with E-state index in [-0.39, 0.29) is 13.1 Å². The van der Waals surface area contributed by atoms with Crippen LogP contribution in [-0.2, 0) is 16.2 Å². The van der Waals surface area contributed by atoms with Gasteiger partial charge in [0.2, 0.25) is 10.0 Å². The molecule has 2 aliphatic rings. The largest absolute Gasteiger partial charge is 0.417 e. The summed E-state index contributed by atoms with van der Waals surface area (Å²) in [4.78, 5) is 12.1. The van der Waals surface area contributed by atoms with Crippen molar-refractivity contribution in [3.05, 3.63) is 42.2 Å². The second-order valence-corrected chi connectivity index (χ2v) is 9.57. The van der Waals surface area contributed by atoms with Crippen LogP contribution in [0.5, 0.6) is 0 Å². The normalized spacial score (nSPS) is 18.9. The summed E-state index contributed by atoms with van der Waals surface area (Å²) in [6.45, 7) is 2.73. The Balaban J connectivity index is 1.48. The molecule has 2 fully saturated rings. The van der Waals surface area contributed by atoms with Crippen molar-refractivity contribution in [1.82, 2.24) is 14.3 Å². The van der Waals surface area contributed by atoms with Gasteiger partial charge in [0.05, 0.1) is 10.5 Å². The van der Waals surface area contributed by atoms with E-state index >= 15 is 0 Å². The van der Waals surface area contributed by atoms with Gasteiger partial charge in [-0.15, -0.1) is 0 Å². The van der Waals surface area contributed by atoms with Gasteiger partial charge < -0.3 is 9.80 Å². The van der Waals surface area contributed by atoms with E-state index in [9.17, 15) is 21.6 Å². The van der Waals surface area contributed by atoms with E-state index in [2.05, 4.69) is 14.9 Å². The Morgan fingerprint density at radius 3 is 2.00 bits per heavy atom. The highest BCUT2D eigenvalue weighted by molar-refractivity contribution is 7.89. The number of sulfonamides is 1. The lowest BCUT2D eigenvalue weighted by Gasteiger charge is -2.35. The van der Waals surface area contributed by atoms with Crippen LogP contribution in [0.4, 0.5) is 24.8 Å². The molecule has 7 nitrogen and oxygen atoms in total. The highest BCUT2D eigenvalue weighted by Gasteiger charge is 2.39. The van der Waals surface area contributed by atoms with Crippen LogP contribution in [0.25, 0.3) is 0 Å². The number of hydrogen-bond acceptors (Lipinski definition) is 6. The van der Waals surface area contributed by atoms with Gasteiger partial charge in [-0.2, -0.15) is 17.5 Å². The van der Waals surface area contributed by atoms with E-state index in [0.717, 1.165) is 48.2 Å². The van der Waals surface area contributed by atoms with Gasteiger partial charge in [0.25, 0.3) is 0 Å². The highest BCUT2D eigenvalue weighted by atomic mass is 32.2. The van der Waals surface area contributed by atoms with Gasteiger partial charge in [0.15, 0.2) is 0 Å². The molecular weight excluding hydrogens is 431 g/mol. The molecule has 3 heterocycles. The van der Waals surface area contributed by atoms with Gasteiger partial charge in [0, 0.05) is 45.3 Å². The van der Waals surface area contributed by atoms with Crippen molar-refractivity contribution in [2.75, 3.05) is 49.1 Å². The lowest BCUT2D eigenvalue weighted by molar-refractivity contribution is -0.139. The number of piperidine rings is 1. The molecule has 1 aromatic heterocycles. The maximum absolute atomic E-state index is 13.3. The Morgan fingerprint density at radius 2 is 1.39 bits per heavy atom. The van der Waals surface area contributed by atoms with E-state index in [4.69, 9.17) is 0 Å². The second-order valence-electron chi connectivity index (χ2n) is 7.67. The standard InChI is InChI=1S/C20H24F3N5O2S/c21-20(22,23)16-6-2-3-7-17(16)31(29,30)28-12-10-27(11-13-28)19-14-18(24-15-25-19)26-8-4-1-5-9-26/h2-3,6-7,14-15H,1,4-5,8-13H2. The first kappa shape index (κ1) is 21.8. The van der Waals surface area contributed by atoms with E-state index < -0.39 is 26.7 Å². The van der Waals surface area contributed by atoms with Crippen molar-refractivity contribution in [2.24, 2.45) is 0 Å². The average molecular weight is 456 g/mol. The molecule has 0 amide bonds. The summed E-state index contributed by atoms with van der Waals surface area (Å²) in [5.41, 5.74) is -1.14. The molecule has 31 heavy (non-hydrogen) atoms. The maximum Gasteiger partial charge on any atom is 0.417 e. The number of aromatic nitrogens is 2. The summed E-state index contributed by atoms with van der Waals surface area (Å²) in [5.74, 6) is 1.54. The average Bonchev–Trinajstić information content (AvgIpc) is 2.79. The molecule has 0 bridgehead atoms. The van der Waals surface area contributed by atoms with Crippen molar-refractivity contribution in [2.45, 2.75) is 30.3 Å². The predicted octanol–water partition coefficient (Wildman–Crippen LogP) is 3.00. The van der Waals surface area contributed by atoms with Crippen molar-refractivity contribution < 1.29 is 21.6 Å². The van der Waals surface area contributed by atoms with Crippen molar-refractivity contribution in [3.8, 4) is 0 Å². The number of halogens is 3. The predicted molar refractivity (Wildman–Crippen MR) is 111 cm³/mol. The first-order chi connectivity index (χ1) is 14.8. The fourth-order valence-electron chi connectivity index (χ4n) is 4.03. The molecule has 168 valence electrons. The second kappa shape index (κ2) is 8.62. The molecule has 0 saturated carbocycles.